The van der Waals surface area contributed by atoms with Crippen molar-refractivity contribution in [3.63, 3.8) is 0 Å². The maximum absolute atomic E-state index is 11.8. The predicted octanol–water partition coefficient (Wildman–Crippen LogP) is -6.93. The highest BCUT2D eigenvalue weighted by molar-refractivity contribution is 5.73. The lowest BCUT2D eigenvalue weighted by molar-refractivity contribution is -0.376. The van der Waals surface area contributed by atoms with Crippen LogP contribution < -0.4 is 5.32 Å². The molecule has 0 aromatic carbocycles. The Kier molecular flexibility index (Phi) is 12.7. The van der Waals surface area contributed by atoms with E-state index in [-0.39, 0.29) is 6.61 Å². The van der Waals surface area contributed by atoms with Gasteiger partial charge in [0, 0.05) is 6.92 Å². The van der Waals surface area contributed by atoms with Crippen molar-refractivity contribution in [3.05, 3.63) is 0 Å². The van der Waals surface area contributed by atoms with Gasteiger partial charge in [0.1, 0.15) is 73.2 Å². The van der Waals surface area contributed by atoms with Crippen LogP contribution in [-0.4, -0.2) is 181 Å². The fourth-order valence-corrected chi connectivity index (χ4v) is 4.84. The van der Waals surface area contributed by atoms with Crippen LogP contribution in [0.1, 0.15) is 13.3 Å². The average Bonchev–Trinajstić information content (AvgIpc) is 2.94. The third-order valence-electron chi connectivity index (χ3n) is 7.07. The molecule has 19 nitrogen and oxygen atoms in total. The zero-order valence-corrected chi connectivity index (χ0v) is 22.4. The second-order valence-corrected chi connectivity index (χ2v) is 10.1. The summed E-state index contributed by atoms with van der Waals surface area (Å²) in [4.78, 5) is 22.7. The molecule has 0 aromatic rings. The van der Waals surface area contributed by atoms with Crippen molar-refractivity contribution < 1.29 is 89.1 Å². The Balaban J connectivity index is 1.80. The van der Waals surface area contributed by atoms with Crippen molar-refractivity contribution in [2.45, 2.75) is 105 Å². The summed E-state index contributed by atoms with van der Waals surface area (Å²) in [5.41, 5.74) is 0. The summed E-state index contributed by atoms with van der Waals surface area (Å²) in [6.07, 6.45) is -23.9. The second-order valence-electron chi connectivity index (χ2n) is 10.1. The lowest BCUT2D eigenvalue weighted by Crippen LogP contribution is -2.68. The molecule has 0 aliphatic carbocycles. The van der Waals surface area contributed by atoms with Crippen LogP contribution in [0.15, 0.2) is 0 Å². The van der Waals surface area contributed by atoms with Gasteiger partial charge in [-0.1, -0.05) is 0 Å². The Bertz CT molecular complexity index is 880. The number of aliphatic hydroxyl groups is 9. The van der Waals surface area contributed by atoms with E-state index in [1.807, 2.05) is 0 Å². The number of ether oxygens (including phenoxy) is 6. The summed E-state index contributed by atoms with van der Waals surface area (Å²) >= 11 is 0. The average molecular weight is 618 g/mol. The SMILES string of the molecule is CC(=O)N[C@H]1[C@H](OCCC(=O)O)O[C@H](CO)[C@@H](O[C@@H]2O[C@H](CO)[C@H](O)[C@H](O[C@H]3O[C@H](CO)[C@H](O)[C@H](O)[C@H]3O)[C@H]2O)[C@@H]1O. The van der Waals surface area contributed by atoms with E-state index in [9.17, 15) is 55.5 Å². The molecule has 0 saturated carbocycles. The third-order valence-corrected chi connectivity index (χ3v) is 7.07. The minimum absolute atomic E-state index is 0.371. The van der Waals surface area contributed by atoms with Gasteiger partial charge in [-0.05, 0) is 0 Å². The normalized spacial score (nSPS) is 44.5. The van der Waals surface area contributed by atoms with Crippen LogP contribution in [-0.2, 0) is 38.0 Å². The predicted molar refractivity (Wildman–Crippen MR) is 129 cm³/mol. The van der Waals surface area contributed by atoms with Gasteiger partial charge in [0.25, 0.3) is 0 Å². The number of carbonyl (C=O) groups excluding carboxylic acids is 1. The molecule has 0 aromatic heterocycles. The van der Waals surface area contributed by atoms with Crippen LogP contribution in [0.2, 0.25) is 0 Å². The van der Waals surface area contributed by atoms with Crippen molar-refractivity contribution in [3.8, 4) is 0 Å². The van der Waals surface area contributed by atoms with Crippen molar-refractivity contribution in [1.82, 2.24) is 5.32 Å². The van der Waals surface area contributed by atoms with Crippen LogP contribution >= 0.6 is 0 Å². The summed E-state index contributed by atoms with van der Waals surface area (Å²) in [5.74, 6) is -1.83. The number of hydrogen-bond acceptors (Lipinski definition) is 17. The van der Waals surface area contributed by atoms with Crippen LogP contribution in [0, 0.1) is 0 Å². The molecule has 11 N–H and O–H groups in total. The van der Waals surface area contributed by atoms with E-state index >= 15 is 0 Å². The van der Waals surface area contributed by atoms with Gasteiger partial charge < -0.3 is 84.8 Å². The molecule has 15 atom stereocenters. The molecule has 244 valence electrons. The van der Waals surface area contributed by atoms with E-state index in [1.165, 1.54) is 0 Å². The van der Waals surface area contributed by atoms with Gasteiger partial charge in [-0.25, -0.2) is 0 Å². The number of carboxylic acids is 1. The number of aliphatic hydroxyl groups excluding tert-OH is 9. The van der Waals surface area contributed by atoms with E-state index in [0.717, 1.165) is 6.92 Å². The number of hydrogen-bond donors (Lipinski definition) is 11. The Labute approximate surface area is 238 Å². The van der Waals surface area contributed by atoms with Gasteiger partial charge >= 0.3 is 5.97 Å². The summed E-state index contributed by atoms with van der Waals surface area (Å²) in [7, 11) is 0. The van der Waals surface area contributed by atoms with Crippen molar-refractivity contribution in [1.29, 1.82) is 0 Å². The van der Waals surface area contributed by atoms with Crippen LogP contribution in [0.3, 0.4) is 0 Å². The minimum atomic E-state index is -1.95. The summed E-state index contributed by atoms with van der Waals surface area (Å²) < 4.78 is 32.9. The van der Waals surface area contributed by atoms with E-state index in [1.54, 1.807) is 0 Å². The fourth-order valence-electron chi connectivity index (χ4n) is 4.84. The summed E-state index contributed by atoms with van der Waals surface area (Å²) in [6.45, 7) is -1.68. The monoisotopic (exact) mass is 617 g/mol. The number of aliphatic carboxylic acids is 1. The van der Waals surface area contributed by atoms with E-state index in [4.69, 9.17) is 33.5 Å². The maximum Gasteiger partial charge on any atom is 0.305 e. The van der Waals surface area contributed by atoms with Gasteiger partial charge in [-0.15, -0.1) is 0 Å². The number of rotatable bonds is 12. The quantitative estimate of drug-likeness (QED) is 0.0969. The number of carbonyl (C=O) groups is 2. The molecule has 3 heterocycles. The summed E-state index contributed by atoms with van der Waals surface area (Å²) in [5, 5.41) is 104. The zero-order valence-electron chi connectivity index (χ0n) is 22.4. The fraction of sp³-hybridized carbons (Fsp3) is 0.913. The lowest BCUT2D eigenvalue weighted by Gasteiger charge is -2.48. The minimum Gasteiger partial charge on any atom is -0.481 e. The molecule has 1 amide bonds. The van der Waals surface area contributed by atoms with E-state index in [2.05, 4.69) is 5.32 Å². The smallest absolute Gasteiger partial charge is 0.305 e. The first-order chi connectivity index (χ1) is 19.8. The molecule has 3 aliphatic heterocycles. The molecule has 3 aliphatic rings. The van der Waals surface area contributed by atoms with Gasteiger partial charge in [-0.2, -0.15) is 0 Å². The molecule has 3 rings (SSSR count). The Morgan fingerprint density at radius 1 is 0.667 bits per heavy atom. The third kappa shape index (κ3) is 7.88. The Morgan fingerprint density at radius 2 is 1.19 bits per heavy atom. The molecular weight excluding hydrogens is 578 g/mol. The van der Waals surface area contributed by atoms with Gasteiger partial charge in [-0.3, -0.25) is 9.59 Å². The highest BCUT2D eigenvalue weighted by Crippen LogP contribution is 2.32. The van der Waals surface area contributed by atoms with Gasteiger partial charge in [0.2, 0.25) is 5.91 Å². The Hall–Kier alpha value is -1.66. The lowest BCUT2D eigenvalue weighted by atomic mass is 9.95. The largest absolute Gasteiger partial charge is 0.481 e. The number of amides is 1. The molecule has 0 spiro atoms. The van der Waals surface area contributed by atoms with E-state index < -0.39 is 130 Å². The molecule has 0 unspecified atom stereocenters. The van der Waals surface area contributed by atoms with Crippen molar-refractivity contribution >= 4 is 11.9 Å². The summed E-state index contributed by atoms with van der Waals surface area (Å²) in [6, 6.07) is -1.36. The maximum atomic E-state index is 11.8. The molecular formula is C23H39NO18. The molecule has 19 heteroatoms. The van der Waals surface area contributed by atoms with Crippen LogP contribution in [0.4, 0.5) is 0 Å². The highest BCUT2D eigenvalue weighted by atomic mass is 16.8. The first-order valence-electron chi connectivity index (χ1n) is 13.1. The number of carboxylic acid groups (broad SMARTS) is 1. The van der Waals surface area contributed by atoms with Crippen molar-refractivity contribution in [2.24, 2.45) is 0 Å². The molecule has 3 saturated heterocycles. The van der Waals surface area contributed by atoms with Gasteiger partial charge in [0.15, 0.2) is 18.9 Å². The van der Waals surface area contributed by atoms with Crippen LogP contribution in [0.25, 0.3) is 0 Å². The molecule has 3 fully saturated rings. The number of nitrogens with one attached hydrogen (secondary N) is 1. The molecule has 0 radical (unpaired) electrons. The van der Waals surface area contributed by atoms with E-state index in [0.29, 0.717) is 0 Å². The standard InChI is InChI=1S/C23H39NO18/c1-7(28)24-12-15(33)19(10(6-27)40-21(12)37-3-2-11(29)30)41-23-18(36)20(14(32)9(5-26)39-23)42-22-17(35)16(34)13(31)8(4-25)38-22/h8-10,12-23,25-27,31-36H,2-6H2,1H3,(H,24,28)(H,29,30)/t8-,9-,10-,12-,13+,14+,15-,16+,17-,18-,19-,20+,21-,22-,23+/m1/s1. The van der Waals surface area contributed by atoms with Crippen molar-refractivity contribution in [2.75, 3.05) is 26.4 Å². The molecule has 42 heavy (non-hydrogen) atoms. The molecule has 0 bridgehead atoms. The van der Waals surface area contributed by atoms with Gasteiger partial charge in [0.05, 0.1) is 32.8 Å². The first kappa shape index (κ1) is 34.8. The zero-order chi connectivity index (χ0) is 31.3. The Morgan fingerprint density at radius 3 is 1.74 bits per heavy atom. The highest BCUT2D eigenvalue weighted by Gasteiger charge is 2.54. The first-order valence-corrected chi connectivity index (χ1v) is 13.1. The van der Waals surface area contributed by atoms with Crippen LogP contribution in [0.5, 0.6) is 0 Å². The topological polar surface area (TPSA) is 304 Å². The second kappa shape index (κ2) is 15.4.